The summed E-state index contributed by atoms with van der Waals surface area (Å²) in [6.45, 7) is 7.45. The van der Waals surface area contributed by atoms with Crippen molar-refractivity contribution in [1.82, 2.24) is 0 Å². The maximum Gasteiger partial charge on any atom is 0.0242 e. The van der Waals surface area contributed by atoms with E-state index in [4.69, 9.17) is 0 Å². The van der Waals surface area contributed by atoms with Crippen molar-refractivity contribution in [3.8, 4) is 0 Å². The Bertz CT molecular complexity index is 1040. The summed E-state index contributed by atoms with van der Waals surface area (Å²) >= 11 is 0. The van der Waals surface area contributed by atoms with Crippen molar-refractivity contribution in [2.75, 3.05) is 0 Å². The van der Waals surface area contributed by atoms with Crippen molar-refractivity contribution in [3.63, 3.8) is 0 Å². The van der Waals surface area contributed by atoms with Crippen molar-refractivity contribution in [3.05, 3.63) is 149 Å². The Balaban J connectivity index is 1.91. The second-order valence-corrected chi connectivity index (χ2v) is 10.8. The summed E-state index contributed by atoms with van der Waals surface area (Å²) in [7, 11) is 0. The molecule has 0 nitrogen and oxygen atoms in total. The topological polar surface area (TPSA) is 0 Å². The fourth-order valence-electron chi connectivity index (χ4n) is 7.26. The van der Waals surface area contributed by atoms with Crippen LogP contribution < -0.4 is 0 Å². The summed E-state index contributed by atoms with van der Waals surface area (Å²) in [4.78, 5) is 0. The average Bonchev–Trinajstić information content (AvgIpc) is 2.94. The molecule has 0 aromatic heterocycles. The van der Waals surface area contributed by atoms with Gasteiger partial charge in [0.1, 0.15) is 0 Å². The van der Waals surface area contributed by atoms with Crippen LogP contribution in [0.3, 0.4) is 0 Å². The summed E-state index contributed by atoms with van der Waals surface area (Å²) in [6, 6.07) is 45.1. The van der Waals surface area contributed by atoms with E-state index in [2.05, 4.69) is 142 Å². The predicted octanol–water partition coefficient (Wildman–Crippen LogP) is 9.15. The third kappa shape index (κ3) is 3.75. The molecule has 0 N–H and O–H groups in total. The molecule has 0 unspecified atom stereocenters. The van der Waals surface area contributed by atoms with Crippen LogP contribution in [0.25, 0.3) is 0 Å². The van der Waals surface area contributed by atoms with Crippen LogP contribution in [0, 0.1) is 11.3 Å². The van der Waals surface area contributed by atoms with E-state index < -0.39 is 0 Å². The molecule has 4 aromatic rings. The lowest BCUT2D eigenvalue weighted by molar-refractivity contribution is 0.0370. The lowest BCUT2D eigenvalue weighted by atomic mass is 9.40. The molecule has 0 heterocycles. The molecule has 1 aliphatic rings. The quantitative estimate of drug-likeness (QED) is 0.271. The van der Waals surface area contributed by atoms with Crippen LogP contribution >= 0.6 is 0 Å². The minimum atomic E-state index is -0.197. The molecule has 1 fully saturated rings. The number of hydrogen-bond acceptors (Lipinski definition) is 0. The smallest absolute Gasteiger partial charge is 0.0242 e. The lowest BCUT2D eigenvalue weighted by Gasteiger charge is -2.62. The van der Waals surface area contributed by atoms with Gasteiger partial charge in [0.25, 0.3) is 0 Å². The first-order valence-electron chi connectivity index (χ1n) is 13.1. The fraction of sp³-hybridized carbons (Fsp3) is 0.286. The Morgan fingerprint density at radius 3 is 1.11 bits per heavy atom. The van der Waals surface area contributed by atoms with E-state index in [0.717, 1.165) is 6.42 Å². The van der Waals surface area contributed by atoms with Crippen LogP contribution in [0.15, 0.2) is 121 Å². The van der Waals surface area contributed by atoms with Crippen LogP contribution in [0.4, 0.5) is 0 Å². The molecule has 5 rings (SSSR count). The van der Waals surface area contributed by atoms with E-state index >= 15 is 0 Å². The van der Waals surface area contributed by atoms with Crippen molar-refractivity contribution >= 4 is 0 Å². The van der Waals surface area contributed by atoms with Gasteiger partial charge in [-0.1, -0.05) is 149 Å². The first kappa shape index (κ1) is 23.6. The average molecular weight is 458 g/mol. The Morgan fingerprint density at radius 1 is 0.514 bits per heavy atom. The molecule has 1 aliphatic carbocycles. The molecule has 0 bridgehead atoms. The van der Waals surface area contributed by atoms with Crippen LogP contribution in [0.1, 0.15) is 68.7 Å². The van der Waals surface area contributed by atoms with Gasteiger partial charge in [-0.05, 0) is 52.8 Å². The van der Waals surface area contributed by atoms with Gasteiger partial charge in [-0.3, -0.25) is 0 Å². The molecule has 0 spiro atoms. The first-order chi connectivity index (χ1) is 17.0. The zero-order valence-electron chi connectivity index (χ0n) is 21.4. The van der Waals surface area contributed by atoms with Crippen LogP contribution in [-0.2, 0) is 10.8 Å². The van der Waals surface area contributed by atoms with E-state index in [9.17, 15) is 0 Å². The second kappa shape index (κ2) is 9.50. The Hall–Kier alpha value is -3.12. The standard InChI is InChI=1S/C35H37/c1-28-17-16-26-35(27-28,33(2,29-18-8-4-9-19-29)30-20-10-5-11-21-30)34(3,31-22-12-6-13-23-31)32-24-14-7-15-25-32/h4-15,18-25H,16-17,26-27H2,1-3H3. The van der Waals surface area contributed by atoms with Crippen LogP contribution in [0.2, 0.25) is 0 Å². The molecular formula is C35H37. The summed E-state index contributed by atoms with van der Waals surface area (Å²) in [5.41, 5.74) is 5.15. The molecule has 0 heteroatoms. The van der Waals surface area contributed by atoms with Crippen molar-refractivity contribution in [2.24, 2.45) is 5.41 Å². The normalized spacial score (nSPS) is 16.7. The molecule has 177 valence electrons. The fourth-order valence-corrected chi connectivity index (χ4v) is 7.26. The molecule has 0 saturated heterocycles. The highest BCUT2D eigenvalue weighted by molar-refractivity contribution is 5.51. The summed E-state index contributed by atoms with van der Waals surface area (Å²) in [5, 5.41) is 0. The van der Waals surface area contributed by atoms with E-state index in [1.54, 1.807) is 5.92 Å². The van der Waals surface area contributed by atoms with Gasteiger partial charge >= 0.3 is 0 Å². The van der Waals surface area contributed by atoms with E-state index in [0.29, 0.717) is 0 Å². The summed E-state index contributed by atoms with van der Waals surface area (Å²) < 4.78 is 0. The number of rotatable bonds is 6. The number of benzene rings is 4. The monoisotopic (exact) mass is 457 g/mol. The van der Waals surface area contributed by atoms with Crippen LogP contribution in [-0.4, -0.2) is 0 Å². The summed E-state index contributed by atoms with van der Waals surface area (Å²) in [6.07, 6.45) is 4.72. The Kier molecular flexibility index (Phi) is 6.41. The maximum atomic E-state index is 2.53. The minimum absolute atomic E-state index is 0.0618. The van der Waals surface area contributed by atoms with Gasteiger partial charge in [0.15, 0.2) is 0 Å². The first-order valence-corrected chi connectivity index (χ1v) is 13.1. The molecular weight excluding hydrogens is 420 g/mol. The zero-order valence-corrected chi connectivity index (χ0v) is 21.4. The van der Waals surface area contributed by atoms with E-state index in [1.165, 1.54) is 41.5 Å². The van der Waals surface area contributed by atoms with Gasteiger partial charge < -0.3 is 0 Å². The van der Waals surface area contributed by atoms with E-state index in [1.807, 2.05) is 0 Å². The van der Waals surface area contributed by atoms with Gasteiger partial charge in [-0.15, -0.1) is 0 Å². The highest BCUT2D eigenvalue weighted by Gasteiger charge is 2.61. The zero-order chi connectivity index (χ0) is 24.4. The SMILES string of the molecule is C[C]1CCCC(C(C)(c2ccccc2)c2ccccc2)(C(C)(c2ccccc2)c2ccccc2)C1. The van der Waals surface area contributed by atoms with Crippen molar-refractivity contribution in [2.45, 2.75) is 57.3 Å². The Morgan fingerprint density at radius 2 is 0.829 bits per heavy atom. The molecule has 0 atom stereocenters. The van der Waals surface area contributed by atoms with Gasteiger partial charge in [-0.25, -0.2) is 0 Å². The highest BCUT2D eigenvalue weighted by atomic mass is 14.6. The summed E-state index contributed by atoms with van der Waals surface area (Å²) in [5.74, 6) is 1.62. The largest absolute Gasteiger partial charge is 0.0622 e. The molecule has 1 radical (unpaired) electrons. The van der Waals surface area contributed by atoms with Gasteiger partial charge in [0.2, 0.25) is 0 Å². The molecule has 35 heavy (non-hydrogen) atoms. The predicted molar refractivity (Wildman–Crippen MR) is 148 cm³/mol. The number of hydrogen-bond donors (Lipinski definition) is 0. The molecule has 4 aromatic carbocycles. The highest BCUT2D eigenvalue weighted by Crippen LogP contribution is 2.66. The van der Waals surface area contributed by atoms with E-state index in [-0.39, 0.29) is 16.2 Å². The third-order valence-electron chi connectivity index (χ3n) is 9.13. The van der Waals surface area contributed by atoms with Gasteiger partial charge in [0, 0.05) is 10.8 Å². The lowest BCUT2D eigenvalue weighted by Crippen LogP contribution is -2.58. The third-order valence-corrected chi connectivity index (χ3v) is 9.13. The molecule has 0 aliphatic heterocycles. The second-order valence-electron chi connectivity index (χ2n) is 10.8. The Labute approximate surface area is 212 Å². The van der Waals surface area contributed by atoms with Crippen LogP contribution in [0.5, 0.6) is 0 Å². The van der Waals surface area contributed by atoms with Crippen molar-refractivity contribution < 1.29 is 0 Å². The van der Waals surface area contributed by atoms with Crippen molar-refractivity contribution in [1.29, 1.82) is 0 Å². The van der Waals surface area contributed by atoms with Gasteiger partial charge in [0.05, 0.1) is 0 Å². The molecule has 0 amide bonds. The minimum Gasteiger partial charge on any atom is -0.0622 e. The van der Waals surface area contributed by atoms with Gasteiger partial charge in [-0.2, -0.15) is 0 Å². The maximum absolute atomic E-state index is 2.53. The molecule has 1 saturated carbocycles.